The molecule has 0 aromatic heterocycles. The Balaban J connectivity index is 2.39. The first kappa shape index (κ1) is 17.4. The molecule has 1 atom stereocenters. The van der Waals surface area contributed by atoms with Gasteiger partial charge in [-0.2, -0.15) is 0 Å². The number of thioether (sulfide) groups is 1. The highest BCUT2D eigenvalue weighted by atomic mass is 32.2. The third-order valence-electron chi connectivity index (χ3n) is 2.54. The molecule has 1 amide bonds. The van der Waals surface area contributed by atoms with E-state index in [-0.39, 0.29) is 19.4 Å². The Morgan fingerprint density at radius 1 is 1.29 bits per heavy atom. The summed E-state index contributed by atoms with van der Waals surface area (Å²) >= 11 is 1.16. The summed E-state index contributed by atoms with van der Waals surface area (Å²) in [6.07, 6.45) is -0.0454. The van der Waals surface area contributed by atoms with Crippen molar-refractivity contribution in [1.82, 2.24) is 5.32 Å². The minimum Gasteiger partial charge on any atom is -0.480 e. The van der Waals surface area contributed by atoms with Crippen LogP contribution in [0.25, 0.3) is 0 Å². The molecule has 0 bridgehead atoms. The van der Waals surface area contributed by atoms with Gasteiger partial charge in [-0.25, -0.2) is 13.6 Å². The van der Waals surface area contributed by atoms with E-state index in [0.717, 1.165) is 23.9 Å². The minimum atomic E-state index is -1.22. The third kappa shape index (κ3) is 6.09. The summed E-state index contributed by atoms with van der Waals surface area (Å²) in [5.74, 6) is -3.30. The molecule has 0 heterocycles. The molecule has 116 valence electrons. The zero-order chi connectivity index (χ0) is 15.8. The van der Waals surface area contributed by atoms with Crippen molar-refractivity contribution in [3.63, 3.8) is 0 Å². The average molecular weight is 319 g/mol. The van der Waals surface area contributed by atoms with Gasteiger partial charge in [0.2, 0.25) is 5.91 Å². The number of aliphatic hydroxyl groups is 1. The first-order valence-electron chi connectivity index (χ1n) is 6.15. The number of carbonyl (C=O) groups excluding carboxylic acids is 1. The Morgan fingerprint density at radius 3 is 2.57 bits per heavy atom. The largest absolute Gasteiger partial charge is 0.480 e. The van der Waals surface area contributed by atoms with Gasteiger partial charge in [0, 0.05) is 30.1 Å². The first-order valence-corrected chi connectivity index (χ1v) is 7.13. The van der Waals surface area contributed by atoms with E-state index >= 15 is 0 Å². The highest BCUT2D eigenvalue weighted by molar-refractivity contribution is 7.99. The van der Waals surface area contributed by atoms with E-state index in [1.54, 1.807) is 0 Å². The monoisotopic (exact) mass is 319 g/mol. The van der Waals surface area contributed by atoms with Crippen LogP contribution in [0, 0.1) is 11.6 Å². The van der Waals surface area contributed by atoms with E-state index in [0.29, 0.717) is 10.6 Å². The summed E-state index contributed by atoms with van der Waals surface area (Å²) in [7, 11) is 0. The Bertz CT molecular complexity index is 513. The van der Waals surface area contributed by atoms with Gasteiger partial charge in [0.25, 0.3) is 0 Å². The zero-order valence-electron chi connectivity index (χ0n) is 11.0. The number of aliphatic hydroxyl groups excluding tert-OH is 1. The van der Waals surface area contributed by atoms with Crippen LogP contribution in [0.3, 0.4) is 0 Å². The van der Waals surface area contributed by atoms with Crippen LogP contribution >= 0.6 is 11.8 Å². The lowest BCUT2D eigenvalue weighted by atomic mass is 10.2. The van der Waals surface area contributed by atoms with Gasteiger partial charge in [-0.05, 0) is 18.2 Å². The fraction of sp³-hybridized carbons (Fsp3) is 0.385. The number of carbonyl (C=O) groups is 2. The quantitative estimate of drug-likeness (QED) is 0.631. The van der Waals surface area contributed by atoms with Crippen LogP contribution in [-0.4, -0.2) is 40.5 Å². The molecule has 1 aromatic rings. The van der Waals surface area contributed by atoms with Crippen molar-refractivity contribution in [1.29, 1.82) is 0 Å². The summed E-state index contributed by atoms with van der Waals surface area (Å²) in [5.41, 5.74) is 0. The van der Waals surface area contributed by atoms with E-state index in [2.05, 4.69) is 5.32 Å². The smallest absolute Gasteiger partial charge is 0.326 e. The number of halogens is 2. The van der Waals surface area contributed by atoms with E-state index < -0.39 is 29.6 Å². The fourth-order valence-electron chi connectivity index (χ4n) is 1.48. The second-order valence-corrected chi connectivity index (χ2v) is 5.31. The van der Waals surface area contributed by atoms with Crippen LogP contribution in [0.5, 0.6) is 0 Å². The number of nitrogens with one attached hydrogen (secondary N) is 1. The topological polar surface area (TPSA) is 86.6 Å². The lowest BCUT2D eigenvalue weighted by Crippen LogP contribution is -2.41. The van der Waals surface area contributed by atoms with Crippen molar-refractivity contribution in [3.05, 3.63) is 29.8 Å². The lowest BCUT2D eigenvalue weighted by molar-refractivity contribution is -0.142. The molecule has 1 rings (SSSR count). The Labute approximate surface area is 124 Å². The maximum absolute atomic E-state index is 13.0. The molecule has 0 fully saturated rings. The highest BCUT2D eigenvalue weighted by Crippen LogP contribution is 2.20. The lowest BCUT2D eigenvalue weighted by Gasteiger charge is -2.12. The van der Waals surface area contributed by atoms with E-state index in [9.17, 15) is 18.4 Å². The van der Waals surface area contributed by atoms with Gasteiger partial charge in [-0.15, -0.1) is 11.8 Å². The minimum absolute atomic E-state index is 0.0267. The van der Waals surface area contributed by atoms with Crippen LogP contribution in [-0.2, 0) is 9.59 Å². The van der Waals surface area contributed by atoms with Gasteiger partial charge in [-0.3, -0.25) is 4.79 Å². The summed E-state index contributed by atoms with van der Waals surface area (Å²) in [5, 5.41) is 19.8. The SMILES string of the molecule is O=C(CCSc1ccc(F)c(F)c1)N[C@@H](CCO)C(=O)O. The number of rotatable bonds is 8. The standard InChI is InChI=1S/C13H15F2NO4S/c14-9-2-1-8(7-10(9)15)21-6-4-12(18)16-11(3-5-17)13(19)20/h1-2,7,11,17H,3-6H2,(H,16,18)(H,19,20)/t11-/m0/s1. The van der Waals surface area contributed by atoms with Crippen molar-refractivity contribution in [3.8, 4) is 0 Å². The fourth-order valence-corrected chi connectivity index (χ4v) is 2.36. The summed E-state index contributed by atoms with van der Waals surface area (Å²) in [6, 6.07) is 2.30. The molecule has 5 nitrogen and oxygen atoms in total. The molecule has 1 aromatic carbocycles. The number of benzene rings is 1. The molecular formula is C13H15F2NO4S. The van der Waals surface area contributed by atoms with Crippen LogP contribution < -0.4 is 5.32 Å². The van der Waals surface area contributed by atoms with Crippen LogP contribution in [0.4, 0.5) is 8.78 Å². The molecule has 0 saturated carbocycles. The van der Waals surface area contributed by atoms with Gasteiger partial charge in [-0.1, -0.05) is 0 Å². The molecule has 0 unspecified atom stereocenters. The van der Waals surface area contributed by atoms with Crippen LogP contribution in [0.1, 0.15) is 12.8 Å². The van der Waals surface area contributed by atoms with Gasteiger partial charge >= 0.3 is 5.97 Å². The van der Waals surface area contributed by atoms with Gasteiger partial charge in [0.1, 0.15) is 6.04 Å². The number of hydrogen-bond acceptors (Lipinski definition) is 4. The summed E-state index contributed by atoms with van der Waals surface area (Å²) < 4.78 is 25.7. The maximum Gasteiger partial charge on any atom is 0.326 e. The Morgan fingerprint density at radius 2 is 2.00 bits per heavy atom. The summed E-state index contributed by atoms with van der Waals surface area (Å²) in [6.45, 7) is -0.346. The molecular weight excluding hydrogens is 304 g/mol. The molecule has 21 heavy (non-hydrogen) atoms. The van der Waals surface area contributed by atoms with Crippen molar-refractivity contribution in [2.45, 2.75) is 23.8 Å². The molecule has 8 heteroatoms. The number of carboxylic acid groups (broad SMARTS) is 1. The molecule has 0 spiro atoms. The van der Waals surface area contributed by atoms with E-state index in [1.165, 1.54) is 6.07 Å². The number of hydrogen-bond donors (Lipinski definition) is 3. The van der Waals surface area contributed by atoms with Crippen molar-refractivity contribution >= 4 is 23.6 Å². The van der Waals surface area contributed by atoms with Crippen molar-refractivity contribution in [2.24, 2.45) is 0 Å². The average Bonchev–Trinajstić information content (AvgIpc) is 2.42. The predicted molar refractivity (Wildman–Crippen MR) is 73.0 cm³/mol. The van der Waals surface area contributed by atoms with Crippen LogP contribution in [0.15, 0.2) is 23.1 Å². The maximum atomic E-state index is 13.0. The first-order chi connectivity index (χ1) is 9.93. The zero-order valence-corrected chi connectivity index (χ0v) is 11.8. The Hall–Kier alpha value is -1.67. The van der Waals surface area contributed by atoms with Crippen molar-refractivity contribution < 1.29 is 28.6 Å². The number of carboxylic acids is 1. The molecule has 0 aliphatic heterocycles. The summed E-state index contributed by atoms with van der Waals surface area (Å²) in [4.78, 5) is 22.8. The molecule has 0 saturated heterocycles. The third-order valence-corrected chi connectivity index (χ3v) is 3.54. The second kappa shape index (κ2) is 8.58. The van der Waals surface area contributed by atoms with Gasteiger partial charge < -0.3 is 15.5 Å². The molecule has 3 N–H and O–H groups in total. The van der Waals surface area contributed by atoms with Gasteiger partial charge in [0.05, 0.1) is 0 Å². The van der Waals surface area contributed by atoms with E-state index in [4.69, 9.17) is 10.2 Å². The molecule has 0 aliphatic rings. The predicted octanol–water partition coefficient (Wildman–Crippen LogP) is 1.40. The normalized spacial score (nSPS) is 12.0. The van der Waals surface area contributed by atoms with E-state index in [1.807, 2.05) is 0 Å². The van der Waals surface area contributed by atoms with Crippen molar-refractivity contribution in [2.75, 3.05) is 12.4 Å². The molecule has 0 aliphatic carbocycles. The van der Waals surface area contributed by atoms with Gasteiger partial charge in [0.15, 0.2) is 11.6 Å². The number of aliphatic carboxylic acids is 1. The highest BCUT2D eigenvalue weighted by Gasteiger charge is 2.18. The Kier molecular flexibility index (Phi) is 7.10. The molecule has 0 radical (unpaired) electrons. The number of amides is 1. The van der Waals surface area contributed by atoms with Crippen LogP contribution in [0.2, 0.25) is 0 Å². The second-order valence-electron chi connectivity index (χ2n) is 4.14.